The molecule has 0 radical (unpaired) electrons. The zero-order chi connectivity index (χ0) is 22.6. The van der Waals surface area contributed by atoms with E-state index in [0.717, 1.165) is 31.1 Å². The average Bonchev–Trinajstić information content (AvgIpc) is 3.21. The van der Waals surface area contributed by atoms with Gasteiger partial charge in [-0.05, 0) is 91.8 Å². The Morgan fingerprint density at radius 2 is 1.69 bits per heavy atom. The third kappa shape index (κ3) is 2.63. The lowest BCUT2D eigenvalue weighted by atomic mass is 9.44. The Morgan fingerprint density at radius 1 is 0.938 bits per heavy atom. The van der Waals surface area contributed by atoms with Crippen LogP contribution in [-0.2, 0) is 14.3 Å². The first-order valence-corrected chi connectivity index (χ1v) is 13.3. The fourth-order valence-corrected chi connectivity index (χ4v) is 10.2. The van der Waals surface area contributed by atoms with Gasteiger partial charge in [0.1, 0.15) is 0 Å². The van der Waals surface area contributed by atoms with Crippen LogP contribution in [-0.4, -0.2) is 46.7 Å². The summed E-state index contributed by atoms with van der Waals surface area (Å²) in [6, 6.07) is 0. The summed E-state index contributed by atoms with van der Waals surface area (Å²) < 4.78 is 12.8. The first-order chi connectivity index (χ1) is 15.1. The molecule has 32 heavy (non-hydrogen) atoms. The Morgan fingerprint density at radius 3 is 2.47 bits per heavy atom. The van der Waals surface area contributed by atoms with Crippen LogP contribution in [0.1, 0.15) is 79.1 Å². The standard InChI is InChI=1S/C27H42O5/c1-14-13-31-27(24(30)23(14)29)15(2)22-21(32-27)12-20-18-6-5-16-11-17(28)7-9-25(16,3)19(18)8-10-26(20,22)4/h14-22,24,28,30H,5-13H2,1-4H3/t14-,15-,16-,17-,18+,19-,20-,21-,22-,24-,25-,26-,27-/m0/s1. The minimum atomic E-state index is -1.17. The zero-order valence-electron chi connectivity index (χ0n) is 20.3. The van der Waals surface area contributed by atoms with Crippen molar-refractivity contribution in [3.8, 4) is 0 Å². The van der Waals surface area contributed by atoms with Crippen LogP contribution in [0.5, 0.6) is 0 Å². The highest BCUT2D eigenvalue weighted by Gasteiger charge is 2.71. The van der Waals surface area contributed by atoms with Crippen LogP contribution in [0.3, 0.4) is 0 Å². The van der Waals surface area contributed by atoms with E-state index in [1.807, 2.05) is 6.92 Å². The number of aliphatic hydroxyl groups is 2. The van der Waals surface area contributed by atoms with Crippen LogP contribution in [0.4, 0.5) is 0 Å². The maximum absolute atomic E-state index is 12.7. The largest absolute Gasteiger partial charge is 0.393 e. The van der Waals surface area contributed by atoms with Gasteiger partial charge in [0, 0.05) is 11.8 Å². The van der Waals surface area contributed by atoms with Gasteiger partial charge in [-0.2, -0.15) is 0 Å². The van der Waals surface area contributed by atoms with Crippen LogP contribution in [0.15, 0.2) is 0 Å². The van der Waals surface area contributed by atoms with Crippen molar-refractivity contribution in [3.63, 3.8) is 0 Å². The van der Waals surface area contributed by atoms with Gasteiger partial charge in [0.2, 0.25) is 5.79 Å². The Hall–Kier alpha value is -0.490. The Kier molecular flexibility index (Phi) is 4.83. The number of carbonyl (C=O) groups excluding carboxylic acids is 1. The Bertz CT molecular complexity index is 799. The highest BCUT2D eigenvalue weighted by molar-refractivity contribution is 5.86. The normalized spacial score (nSPS) is 61.8. The quantitative estimate of drug-likeness (QED) is 0.589. The summed E-state index contributed by atoms with van der Waals surface area (Å²) in [5.41, 5.74) is 0.557. The molecule has 0 aromatic rings. The number of carbonyl (C=O) groups is 1. The summed E-state index contributed by atoms with van der Waals surface area (Å²) in [4.78, 5) is 12.7. The van der Waals surface area contributed by atoms with Crippen LogP contribution in [0.25, 0.3) is 0 Å². The SMILES string of the molecule is C[C@H]1CO[C@@]2(O[C@H]3C[C@H]4[C@@H]5CC[C@H]6C[C@@H](O)CC[C@]6(C)[C@H]5CC[C@]4(C)[C@H]3[C@@H]2C)[C@@H](O)C1=O. The number of hydrogen-bond acceptors (Lipinski definition) is 5. The molecule has 13 atom stereocenters. The molecule has 180 valence electrons. The predicted molar refractivity (Wildman–Crippen MR) is 120 cm³/mol. The summed E-state index contributed by atoms with van der Waals surface area (Å²) in [6.45, 7) is 9.36. The van der Waals surface area contributed by atoms with Crippen LogP contribution in [0, 0.1) is 52.3 Å². The van der Waals surface area contributed by atoms with Crippen molar-refractivity contribution in [2.75, 3.05) is 6.61 Å². The molecule has 6 aliphatic rings. The lowest BCUT2D eigenvalue weighted by molar-refractivity contribution is -0.301. The third-order valence-electron chi connectivity index (χ3n) is 11.9. The van der Waals surface area contributed by atoms with Gasteiger partial charge in [0.15, 0.2) is 11.9 Å². The van der Waals surface area contributed by atoms with Gasteiger partial charge in [-0.25, -0.2) is 0 Å². The van der Waals surface area contributed by atoms with Gasteiger partial charge in [-0.3, -0.25) is 4.79 Å². The van der Waals surface area contributed by atoms with Crippen molar-refractivity contribution in [2.24, 2.45) is 52.3 Å². The molecule has 2 heterocycles. The number of hydrogen-bond donors (Lipinski definition) is 2. The first-order valence-electron chi connectivity index (χ1n) is 13.3. The molecule has 2 aliphatic heterocycles. The van der Waals surface area contributed by atoms with Crippen LogP contribution >= 0.6 is 0 Å². The van der Waals surface area contributed by atoms with Crippen molar-refractivity contribution in [1.82, 2.24) is 0 Å². The van der Waals surface area contributed by atoms with Gasteiger partial charge in [-0.15, -0.1) is 0 Å². The molecule has 0 aromatic heterocycles. The van der Waals surface area contributed by atoms with Crippen LogP contribution < -0.4 is 0 Å². The minimum absolute atomic E-state index is 0.0160. The van der Waals surface area contributed by atoms with Gasteiger partial charge >= 0.3 is 0 Å². The molecule has 5 nitrogen and oxygen atoms in total. The molecule has 1 spiro atoms. The molecule has 2 saturated heterocycles. The van der Waals surface area contributed by atoms with Crippen molar-refractivity contribution in [3.05, 3.63) is 0 Å². The number of ether oxygens (including phenoxy) is 2. The lowest BCUT2D eigenvalue weighted by Gasteiger charge is -2.61. The second-order valence-electron chi connectivity index (χ2n) is 13.1. The topological polar surface area (TPSA) is 76.0 Å². The average molecular weight is 447 g/mol. The first kappa shape index (κ1) is 22.0. The second-order valence-corrected chi connectivity index (χ2v) is 13.1. The van der Waals surface area contributed by atoms with E-state index < -0.39 is 11.9 Å². The fourth-order valence-electron chi connectivity index (χ4n) is 10.2. The van der Waals surface area contributed by atoms with Gasteiger partial charge in [-0.1, -0.05) is 27.7 Å². The number of fused-ring (bicyclic) bond motifs is 7. The summed E-state index contributed by atoms with van der Waals surface area (Å²) in [6.07, 6.45) is 7.99. The molecule has 2 N–H and O–H groups in total. The monoisotopic (exact) mass is 446 g/mol. The van der Waals surface area contributed by atoms with E-state index >= 15 is 0 Å². The predicted octanol–water partition coefficient (Wildman–Crippen LogP) is 3.94. The maximum atomic E-state index is 12.7. The Balaban J connectivity index is 1.28. The molecule has 0 unspecified atom stereocenters. The fraction of sp³-hybridized carbons (Fsp3) is 0.963. The Labute approximate surface area is 192 Å². The molecular weight excluding hydrogens is 404 g/mol. The van der Waals surface area contributed by atoms with Gasteiger partial charge in [0.05, 0.1) is 18.8 Å². The molecule has 6 rings (SSSR count). The minimum Gasteiger partial charge on any atom is -0.393 e. The van der Waals surface area contributed by atoms with E-state index in [-0.39, 0.29) is 35.2 Å². The van der Waals surface area contributed by atoms with E-state index in [4.69, 9.17) is 9.47 Å². The number of ketones is 1. The van der Waals surface area contributed by atoms with E-state index in [2.05, 4.69) is 20.8 Å². The highest BCUT2D eigenvalue weighted by Crippen LogP contribution is 2.71. The van der Waals surface area contributed by atoms with Crippen molar-refractivity contribution in [2.45, 2.75) is 103 Å². The van der Waals surface area contributed by atoms with E-state index in [1.54, 1.807) is 0 Å². The number of aliphatic hydroxyl groups excluding tert-OH is 2. The number of rotatable bonds is 0. The second kappa shape index (κ2) is 7.02. The maximum Gasteiger partial charge on any atom is 0.205 e. The molecule has 5 heteroatoms. The molecule has 0 aromatic carbocycles. The van der Waals surface area contributed by atoms with E-state index in [0.29, 0.717) is 29.8 Å². The van der Waals surface area contributed by atoms with E-state index in [9.17, 15) is 15.0 Å². The summed E-state index contributed by atoms with van der Waals surface area (Å²) in [7, 11) is 0. The number of Topliss-reactive ketones (excluding diaryl/α,β-unsaturated/α-hetero) is 1. The summed E-state index contributed by atoms with van der Waals surface area (Å²) in [5, 5.41) is 21.2. The third-order valence-corrected chi connectivity index (χ3v) is 11.9. The molecular formula is C27H42O5. The molecule has 4 aliphatic carbocycles. The highest BCUT2D eigenvalue weighted by atomic mass is 16.7. The molecule has 0 amide bonds. The van der Waals surface area contributed by atoms with Crippen LogP contribution in [0.2, 0.25) is 0 Å². The van der Waals surface area contributed by atoms with Gasteiger partial charge in [0.25, 0.3) is 0 Å². The molecule has 6 fully saturated rings. The zero-order valence-corrected chi connectivity index (χ0v) is 20.3. The van der Waals surface area contributed by atoms with Crippen molar-refractivity contribution < 1.29 is 24.5 Å². The summed E-state index contributed by atoms with van der Waals surface area (Å²) >= 11 is 0. The van der Waals surface area contributed by atoms with E-state index in [1.165, 1.54) is 32.1 Å². The lowest BCUT2D eigenvalue weighted by Crippen LogP contribution is -2.60. The van der Waals surface area contributed by atoms with Crippen molar-refractivity contribution in [1.29, 1.82) is 0 Å². The summed E-state index contributed by atoms with van der Waals surface area (Å²) in [5.74, 6) is 1.63. The smallest absolute Gasteiger partial charge is 0.205 e. The molecule has 0 bridgehead atoms. The van der Waals surface area contributed by atoms with Gasteiger partial charge < -0.3 is 19.7 Å². The van der Waals surface area contributed by atoms with Crippen molar-refractivity contribution >= 4 is 5.78 Å². The molecule has 4 saturated carbocycles.